The number of nitrogens with one attached hydrogen (secondary N) is 2. The van der Waals surface area contributed by atoms with Gasteiger partial charge < -0.3 is 26.3 Å². The van der Waals surface area contributed by atoms with Gasteiger partial charge in [0.2, 0.25) is 5.91 Å². The normalized spacial score (nSPS) is 12.6. The standard InChI is InChI=1S/C19H31N3O5/c1-12(2)16(23)10-6-5-9-15(19(26)27)22-18(25)14(20)8-7-11-21-17(24)13(3)4/h14-15H,1,3,5-11,20H2,2,4H3,(H,21,24)(H,22,25)(H,26,27)/t14-,15-/m0/s1. The van der Waals surface area contributed by atoms with Gasteiger partial charge in [-0.3, -0.25) is 14.4 Å². The van der Waals surface area contributed by atoms with Gasteiger partial charge in [0.1, 0.15) is 0 Å². The number of rotatable bonds is 14. The Kier molecular flexibility index (Phi) is 11.6. The second-order valence-electron chi connectivity index (χ2n) is 6.70. The van der Waals surface area contributed by atoms with Crippen molar-refractivity contribution in [2.75, 3.05) is 6.54 Å². The van der Waals surface area contributed by atoms with Crippen LogP contribution in [0.5, 0.6) is 0 Å². The highest BCUT2D eigenvalue weighted by Gasteiger charge is 2.21. The molecule has 0 unspecified atom stereocenters. The summed E-state index contributed by atoms with van der Waals surface area (Å²) >= 11 is 0. The quantitative estimate of drug-likeness (QED) is 0.261. The Morgan fingerprint density at radius 2 is 1.63 bits per heavy atom. The van der Waals surface area contributed by atoms with Crippen LogP contribution in [0.15, 0.2) is 24.3 Å². The molecule has 0 spiro atoms. The highest BCUT2D eigenvalue weighted by Crippen LogP contribution is 2.07. The second kappa shape index (κ2) is 12.8. The molecular formula is C19H31N3O5. The maximum atomic E-state index is 12.1. The minimum absolute atomic E-state index is 0.0550. The second-order valence-corrected chi connectivity index (χ2v) is 6.70. The zero-order chi connectivity index (χ0) is 21.0. The van der Waals surface area contributed by atoms with Crippen molar-refractivity contribution in [3.05, 3.63) is 24.3 Å². The van der Waals surface area contributed by atoms with Gasteiger partial charge in [0, 0.05) is 25.0 Å². The molecule has 0 saturated carbocycles. The molecule has 0 heterocycles. The molecule has 8 heteroatoms. The van der Waals surface area contributed by atoms with Gasteiger partial charge in [0.15, 0.2) is 11.8 Å². The van der Waals surface area contributed by atoms with Crippen LogP contribution >= 0.6 is 0 Å². The zero-order valence-corrected chi connectivity index (χ0v) is 16.3. The predicted molar refractivity (Wildman–Crippen MR) is 99.0 cm³/mol. The third-order valence-electron chi connectivity index (χ3n) is 4.00. The molecule has 0 rings (SSSR count). The van der Waals surface area contributed by atoms with Crippen molar-refractivity contribution in [3.8, 4) is 0 Å². The van der Waals surface area contributed by atoms with Crippen molar-refractivity contribution in [1.82, 2.24) is 10.6 Å². The Labute approximate surface area is 160 Å². The largest absolute Gasteiger partial charge is 0.548 e. The Balaban J connectivity index is 4.24. The third kappa shape index (κ3) is 11.0. The van der Waals surface area contributed by atoms with Crippen LogP contribution in [0.4, 0.5) is 0 Å². The molecule has 5 N–H and O–H groups in total. The molecule has 2 atom stereocenters. The van der Waals surface area contributed by atoms with E-state index in [1.807, 2.05) is 0 Å². The lowest BCUT2D eigenvalue weighted by Crippen LogP contribution is -2.69. The monoisotopic (exact) mass is 381 g/mol. The molecule has 0 fully saturated rings. The van der Waals surface area contributed by atoms with E-state index in [-0.39, 0.29) is 18.1 Å². The van der Waals surface area contributed by atoms with E-state index in [4.69, 9.17) is 0 Å². The average Bonchev–Trinajstić information content (AvgIpc) is 2.59. The molecule has 0 aliphatic carbocycles. The first-order valence-corrected chi connectivity index (χ1v) is 9.03. The summed E-state index contributed by atoms with van der Waals surface area (Å²) in [6.07, 6.45) is 2.39. The van der Waals surface area contributed by atoms with Crippen LogP contribution in [0, 0.1) is 0 Å². The minimum atomic E-state index is -1.37. The van der Waals surface area contributed by atoms with Gasteiger partial charge in [-0.25, -0.2) is 0 Å². The van der Waals surface area contributed by atoms with Crippen LogP contribution in [0.3, 0.4) is 0 Å². The lowest BCUT2D eigenvalue weighted by atomic mass is 10.0. The van der Waals surface area contributed by atoms with E-state index in [2.05, 4.69) is 29.5 Å². The number of allylic oxidation sites excluding steroid dienone is 1. The summed E-state index contributed by atoms with van der Waals surface area (Å²) in [5.41, 5.74) is 4.61. The number of carboxylic acids is 1. The van der Waals surface area contributed by atoms with E-state index in [1.165, 1.54) is 0 Å². The van der Waals surface area contributed by atoms with Gasteiger partial charge in [-0.2, -0.15) is 0 Å². The topological polar surface area (TPSA) is 143 Å². The fraction of sp³-hybridized carbons (Fsp3) is 0.579. The lowest BCUT2D eigenvalue weighted by molar-refractivity contribution is -0.405. The van der Waals surface area contributed by atoms with Crippen molar-refractivity contribution in [2.24, 2.45) is 0 Å². The lowest BCUT2D eigenvalue weighted by Gasteiger charge is -2.20. The van der Waals surface area contributed by atoms with E-state index in [0.717, 1.165) is 0 Å². The summed E-state index contributed by atoms with van der Waals surface area (Å²) in [7, 11) is 0. The molecule has 0 radical (unpaired) electrons. The summed E-state index contributed by atoms with van der Waals surface area (Å²) in [4.78, 5) is 46.1. The number of carbonyl (C=O) groups is 4. The molecule has 0 aliphatic heterocycles. The minimum Gasteiger partial charge on any atom is -0.548 e. The van der Waals surface area contributed by atoms with Gasteiger partial charge in [-0.05, 0) is 38.7 Å². The third-order valence-corrected chi connectivity index (χ3v) is 4.00. The first-order chi connectivity index (χ1) is 12.6. The molecule has 0 saturated heterocycles. The van der Waals surface area contributed by atoms with Crippen molar-refractivity contribution < 1.29 is 30.0 Å². The Morgan fingerprint density at radius 3 is 2.15 bits per heavy atom. The number of carboxylic acid groups (broad SMARTS) is 1. The summed E-state index contributed by atoms with van der Waals surface area (Å²) in [6.45, 7) is 10.7. The van der Waals surface area contributed by atoms with Crippen molar-refractivity contribution >= 4 is 23.6 Å². The molecule has 27 heavy (non-hydrogen) atoms. The van der Waals surface area contributed by atoms with E-state index >= 15 is 0 Å². The van der Waals surface area contributed by atoms with Crippen LogP contribution in [0.2, 0.25) is 0 Å². The smallest absolute Gasteiger partial charge is 0.278 e. The Morgan fingerprint density at radius 1 is 1.00 bits per heavy atom. The number of unbranched alkanes of at least 4 members (excludes halogenated alkanes) is 1. The number of carbonyl (C=O) groups excluding carboxylic acids is 4. The Bertz CT molecular complexity index is 586. The number of hydrogen-bond acceptors (Lipinski definition) is 5. The molecule has 0 aromatic rings. The van der Waals surface area contributed by atoms with Gasteiger partial charge in [-0.15, -0.1) is 0 Å². The molecular weight excluding hydrogens is 350 g/mol. The maximum absolute atomic E-state index is 12.1. The van der Waals surface area contributed by atoms with Crippen LogP contribution in [0.1, 0.15) is 52.4 Å². The van der Waals surface area contributed by atoms with Crippen molar-refractivity contribution in [1.29, 1.82) is 0 Å². The zero-order valence-electron chi connectivity index (χ0n) is 16.3. The van der Waals surface area contributed by atoms with E-state index < -0.39 is 24.0 Å². The first-order valence-electron chi connectivity index (χ1n) is 9.03. The summed E-state index contributed by atoms with van der Waals surface area (Å²) < 4.78 is 0. The number of Topliss-reactive ketones (excluding diaryl/α,β-unsaturated/α-hetero) is 1. The molecule has 0 bridgehead atoms. The molecule has 0 aliphatic rings. The van der Waals surface area contributed by atoms with Gasteiger partial charge in [0.25, 0.3) is 5.91 Å². The van der Waals surface area contributed by atoms with Crippen LogP contribution in [-0.2, 0) is 19.2 Å². The summed E-state index contributed by atoms with van der Waals surface area (Å²) in [5, 5.41) is 16.3. The number of amides is 2. The van der Waals surface area contributed by atoms with E-state index in [0.29, 0.717) is 49.8 Å². The molecule has 0 aromatic carbocycles. The number of ketones is 1. The number of quaternary nitrogens is 1. The summed E-state index contributed by atoms with van der Waals surface area (Å²) in [5.74, 6) is -2.15. The average molecular weight is 381 g/mol. The predicted octanol–water partition coefficient (Wildman–Crippen LogP) is -0.990. The fourth-order valence-corrected chi connectivity index (χ4v) is 2.22. The molecule has 0 aromatic heterocycles. The number of hydrogen-bond donors (Lipinski definition) is 3. The highest BCUT2D eigenvalue weighted by molar-refractivity contribution is 5.94. The van der Waals surface area contributed by atoms with E-state index in [1.54, 1.807) is 13.8 Å². The Hall–Kier alpha value is -2.48. The fourth-order valence-electron chi connectivity index (χ4n) is 2.22. The number of aliphatic carboxylic acids is 1. The SMILES string of the molecule is C=C(C)C(=O)CCCC[C@H](NC(=O)[C@@H]([NH3+])CCCNC(=O)C(=C)C)C(=O)[O-]. The van der Waals surface area contributed by atoms with Gasteiger partial charge in [0.05, 0.1) is 12.0 Å². The molecule has 2 amide bonds. The van der Waals surface area contributed by atoms with Gasteiger partial charge >= 0.3 is 0 Å². The van der Waals surface area contributed by atoms with Crippen LogP contribution in [0.25, 0.3) is 0 Å². The molecule has 8 nitrogen and oxygen atoms in total. The van der Waals surface area contributed by atoms with E-state index in [9.17, 15) is 24.3 Å². The van der Waals surface area contributed by atoms with Crippen molar-refractivity contribution in [2.45, 2.75) is 64.5 Å². The summed E-state index contributed by atoms with van der Waals surface area (Å²) in [6, 6.07) is -1.76. The van der Waals surface area contributed by atoms with Crippen molar-refractivity contribution in [3.63, 3.8) is 0 Å². The van der Waals surface area contributed by atoms with Crippen LogP contribution in [-0.4, -0.2) is 42.2 Å². The van der Waals surface area contributed by atoms with Crippen LogP contribution < -0.4 is 21.5 Å². The van der Waals surface area contributed by atoms with Gasteiger partial charge in [-0.1, -0.05) is 19.6 Å². The first kappa shape index (κ1) is 24.5. The highest BCUT2D eigenvalue weighted by atomic mass is 16.4. The maximum Gasteiger partial charge on any atom is 0.278 e. The molecule has 152 valence electrons.